The molecule has 0 saturated heterocycles. The molecule has 1 amide bonds. The topological polar surface area (TPSA) is 101 Å². The number of hydrogen-bond donors (Lipinski definition) is 2. The molecule has 35 heavy (non-hydrogen) atoms. The number of benzene rings is 2. The van der Waals surface area contributed by atoms with Crippen molar-refractivity contribution in [3.05, 3.63) is 84.0 Å². The van der Waals surface area contributed by atoms with Crippen LogP contribution in [-0.2, 0) is 17.6 Å². The summed E-state index contributed by atoms with van der Waals surface area (Å²) in [4.78, 5) is 18.9. The minimum atomic E-state index is -0.595. The standard InChI is InChI=1S/C26H19F2N5O2/c27-18-2-3-21(28)16(8-18)9-23(34)33-6-5-15-7-14(1-4-22(15)33)20-13-35-25-19(17-10-31-32-11-17)12-30-26(29)24(20)25/h1-4,7-8,10-13H,5-6,9H2,(H2,29,30)(H,31,32). The summed E-state index contributed by atoms with van der Waals surface area (Å²) in [5.74, 6) is -1.10. The average molecular weight is 471 g/mol. The first-order valence-corrected chi connectivity index (χ1v) is 11.0. The molecular formula is C26H19F2N5O2. The number of aromatic amines is 1. The molecule has 3 N–H and O–H groups in total. The maximum atomic E-state index is 14.0. The van der Waals surface area contributed by atoms with Gasteiger partial charge in [0.25, 0.3) is 0 Å². The second kappa shape index (κ2) is 8.05. The lowest BCUT2D eigenvalue weighted by molar-refractivity contribution is -0.117. The van der Waals surface area contributed by atoms with Crippen LogP contribution in [0.1, 0.15) is 11.1 Å². The fourth-order valence-electron chi connectivity index (χ4n) is 4.65. The van der Waals surface area contributed by atoms with Crippen LogP contribution in [0.5, 0.6) is 0 Å². The van der Waals surface area contributed by atoms with Crippen LogP contribution in [0.2, 0.25) is 0 Å². The average Bonchev–Trinajstić information content (AvgIpc) is 3.61. The van der Waals surface area contributed by atoms with E-state index in [1.54, 1.807) is 29.8 Å². The van der Waals surface area contributed by atoms with E-state index in [2.05, 4.69) is 15.2 Å². The summed E-state index contributed by atoms with van der Waals surface area (Å²) in [6, 6.07) is 8.89. The van der Waals surface area contributed by atoms with Crippen molar-refractivity contribution in [2.45, 2.75) is 12.8 Å². The number of rotatable bonds is 4. The number of nitrogen functional groups attached to an aromatic ring is 1. The molecule has 3 aromatic heterocycles. The van der Waals surface area contributed by atoms with Crippen LogP contribution in [-0.4, -0.2) is 27.6 Å². The summed E-state index contributed by atoms with van der Waals surface area (Å²) in [6.45, 7) is 0.467. The number of fused-ring (bicyclic) bond motifs is 2. The largest absolute Gasteiger partial charge is 0.463 e. The van der Waals surface area contributed by atoms with Crippen LogP contribution in [0.4, 0.5) is 20.3 Å². The van der Waals surface area contributed by atoms with Gasteiger partial charge < -0.3 is 15.1 Å². The van der Waals surface area contributed by atoms with Crippen LogP contribution >= 0.6 is 0 Å². The predicted molar refractivity (Wildman–Crippen MR) is 128 cm³/mol. The number of halogens is 2. The number of nitrogens with one attached hydrogen (secondary N) is 1. The molecule has 0 atom stereocenters. The number of hydrogen-bond acceptors (Lipinski definition) is 5. The number of nitrogens with two attached hydrogens (primary N) is 1. The molecule has 5 aromatic rings. The van der Waals surface area contributed by atoms with Gasteiger partial charge in [0.15, 0.2) is 0 Å². The van der Waals surface area contributed by atoms with Crippen molar-refractivity contribution in [2.24, 2.45) is 0 Å². The second-order valence-electron chi connectivity index (χ2n) is 8.45. The smallest absolute Gasteiger partial charge is 0.231 e. The molecule has 0 unspecified atom stereocenters. The molecule has 7 nitrogen and oxygen atoms in total. The Kier molecular flexibility index (Phi) is 4.84. The zero-order chi connectivity index (χ0) is 24.1. The van der Waals surface area contributed by atoms with Gasteiger partial charge in [-0.2, -0.15) is 5.10 Å². The van der Waals surface area contributed by atoms with E-state index in [4.69, 9.17) is 10.2 Å². The number of pyridine rings is 1. The summed E-state index contributed by atoms with van der Waals surface area (Å²) in [5, 5.41) is 7.48. The van der Waals surface area contributed by atoms with Gasteiger partial charge in [0.1, 0.15) is 23.0 Å². The Morgan fingerprint density at radius 1 is 1.11 bits per heavy atom. The molecule has 1 aliphatic heterocycles. The SMILES string of the molecule is Nc1ncc(-c2cn[nH]c2)c2occ(-c3ccc4c(c3)CCN4C(=O)Cc3cc(F)ccc3F)c12. The molecule has 0 spiro atoms. The first-order chi connectivity index (χ1) is 17.0. The van der Waals surface area contributed by atoms with Gasteiger partial charge in [-0.3, -0.25) is 9.89 Å². The highest BCUT2D eigenvalue weighted by atomic mass is 19.1. The molecule has 4 heterocycles. The highest BCUT2D eigenvalue weighted by molar-refractivity contribution is 6.06. The maximum absolute atomic E-state index is 14.0. The number of H-pyrrole nitrogens is 1. The highest BCUT2D eigenvalue weighted by Gasteiger charge is 2.26. The third-order valence-corrected chi connectivity index (χ3v) is 6.37. The van der Waals surface area contributed by atoms with E-state index in [0.717, 1.165) is 51.7 Å². The van der Waals surface area contributed by atoms with Gasteiger partial charge in [0.05, 0.1) is 24.3 Å². The van der Waals surface area contributed by atoms with Gasteiger partial charge in [-0.15, -0.1) is 0 Å². The number of carbonyl (C=O) groups is 1. The Labute approximate surface area is 198 Å². The van der Waals surface area contributed by atoms with E-state index in [0.29, 0.717) is 29.8 Å². The molecular weight excluding hydrogens is 452 g/mol. The van der Waals surface area contributed by atoms with Gasteiger partial charge in [-0.05, 0) is 47.9 Å². The van der Waals surface area contributed by atoms with Crippen LogP contribution in [0.3, 0.4) is 0 Å². The van der Waals surface area contributed by atoms with Crippen molar-refractivity contribution in [3.8, 4) is 22.3 Å². The minimum absolute atomic E-state index is 0.0429. The molecule has 0 radical (unpaired) electrons. The van der Waals surface area contributed by atoms with Crippen molar-refractivity contribution in [1.82, 2.24) is 15.2 Å². The summed E-state index contributed by atoms with van der Waals surface area (Å²) in [5.41, 5.74) is 11.9. The van der Waals surface area contributed by atoms with E-state index < -0.39 is 11.6 Å². The van der Waals surface area contributed by atoms with E-state index in [-0.39, 0.29) is 17.9 Å². The van der Waals surface area contributed by atoms with E-state index >= 15 is 0 Å². The Morgan fingerprint density at radius 2 is 2.00 bits per heavy atom. The molecule has 0 saturated carbocycles. The lowest BCUT2D eigenvalue weighted by Crippen LogP contribution is -2.30. The van der Waals surface area contributed by atoms with E-state index in [1.807, 2.05) is 18.2 Å². The van der Waals surface area contributed by atoms with Crippen molar-refractivity contribution in [1.29, 1.82) is 0 Å². The number of nitrogens with zero attached hydrogens (tertiary/aromatic N) is 3. The molecule has 2 aromatic carbocycles. The summed E-state index contributed by atoms with van der Waals surface area (Å²) < 4.78 is 33.5. The normalized spacial score (nSPS) is 12.9. The summed E-state index contributed by atoms with van der Waals surface area (Å²) in [6.07, 6.45) is 7.18. The molecule has 0 fully saturated rings. The number of anilines is 2. The summed E-state index contributed by atoms with van der Waals surface area (Å²) >= 11 is 0. The fourth-order valence-corrected chi connectivity index (χ4v) is 4.65. The lowest BCUT2D eigenvalue weighted by atomic mass is 10.00. The Hall–Kier alpha value is -4.53. The molecule has 0 bridgehead atoms. The van der Waals surface area contributed by atoms with Crippen molar-refractivity contribution < 1.29 is 18.0 Å². The molecule has 0 aliphatic carbocycles. The molecule has 174 valence electrons. The van der Waals surface area contributed by atoms with Crippen molar-refractivity contribution in [2.75, 3.05) is 17.2 Å². The van der Waals surface area contributed by atoms with Crippen LogP contribution in [0.25, 0.3) is 33.2 Å². The zero-order valence-electron chi connectivity index (χ0n) is 18.4. The number of carbonyl (C=O) groups excluding carboxylic acids is 1. The number of aromatic nitrogens is 3. The zero-order valence-corrected chi connectivity index (χ0v) is 18.4. The molecule has 6 rings (SSSR count). The van der Waals surface area contributed by atoms with Crippen molar-refractivity contribution in [3.63, 3.8) is 0 Å². The Bertz CT molecular complexity index is 1590. The second-order valence-corrected chi connectivity index (χ2v) is 8.45. The molecule has 1 aliphatic rings. The molecule has 9 heteroatoms. The Balaban J connectivity index is 1.33. The summed E-state index contributed by atoms with van der Waals surface area (Å²) in [7, 11) is 0. The monoisotopic (exact) mass is 471 g/mol. The third kappa shape index (κ3) is 3.52. The van der Waals surface area contributed by atoms with Gasteiger partial charge in [-0.25, -0.2) is 13.8 Å². The van der Waals surface area contributed by atoms with Crippen LogP contribution in [0.15, 0.2) is 65.7 Å². The predicted octanol–water partition coefficient (Wildman–Crippen LogP) is 4.88. The van der Waals surface area contributed by atoms with Gasteiger partial charge in [0, 0.05) is 46.9 Å². The lowest BCUT2D eigenvalue weighted by Gasteiger charge is -2.18. The van der Waals surface area contributed by atoms with E-state index in [1.165, 1.54) is 0 Å². The highest BCUT2D eigenvalue weighted by Crippen LogP contribution is 2.40. The third-order valence-electron chi connectivity index (χ3n) is 6.37. The maximum Gasteiger partial charge on any atom is 0.231 e. The van der Waals surface area contributed by atoms with Gasteiger partial charge in [-0.1, -0.05) is 6.07 Å². The first kappa shape index (κ1) is 21.0. The number of amides is 1. The van der Waals surface area contributed by atoms with E-state index in [9.17, 15) is 13.6 Å². The first-order valence-electron chi connectivity index (χ1n) is 11.0. The van der Waals surface area contributed by atoms with Crippen LogP contribution in [0, 0.1) is 11.6 Å². The van der Waals surface area contributed by atoms with Crippen LogP contribution < -0.4 is 10.6 Å². The Morgan fingerprint density at radius 3 is 2.83 bits per heavy atom. The quantitative estimate of drug-likeness (QED) is 0.389. The van der Waals surface area contributed by atoms with Gasteiger partial charge in [0.2, 0.25) is 5.91 Å². The van der Waals surface area contributed by atoms with Crippen molar-refractivity contribution >= 4 is 28.4 Å². The number of furan rings is 1. The fraction of sp³-hybridized carbons (Fsp3) is 0.115. The van der Waals surface area contributed by atoms with Gasteiger partial charge >= 0.3 is 0 Å². The minimum Gasteiger partial charge on any atom is -0.463 e.